The summed E-state index contributed by atoms with van der Waals surface area (Å²) < 4.78 is 28.3. The van der Waals surface area contributed by atoms with Gasteiger partial charge in [-0.15, -0.1) is 0 Å². The van der Waals surface area contributed by atoms with Crippen molar-refractivity contribution in [1.29, 1.82) is 0 Å². The summed E-state index contributed by atoms with van der Waals surface area (Å²) in [5.74, 6) is 0.860. The molecule has 6 heteroatoms. The molecule has 0 saturated heterocycles. The van der Waals surface area contributed by atoms with Gasteiger partial charge in [0, 0.05) is 12.6 Å². The second kappa shape index (κ2) is 7.79. The Morgan fingerprint density at radius 1 is 1.08 bits per heavy atom. The van der Waals surface area contributed by atoms with E-state index < -0.39 is 10.0 Å². The van der Waals surface area contributed by atoms with Crippen LogP contribution in [0.15, 0.2) is 53.4 Å². The lowest BCUT2D eigenvalue weighted by molar-refractivity contribution is 0.201. The Balaban J connectivity index is 1.89. The highest BCUT2D eigenvalue weighted by molar-refractivity contribution is 7.89. The van der Waals surface area contributed by atoms with Gasteiger partial charge in [-0.25, -0.2) is 13.6 Å². The number of likely N-dealkylation sites (N-methyl/N-ethyl adjacent to an activating group) is 1. The van der Waals surface area contributed by atoms with Crippen molar-refractivity contribution in [3.63, 3.8) is 0 Å². The van der Waals surface area contributed by atoms with Crippen LogP contribution >= 0.6 is 0 Å². The lowest BCUT2D eigenvalue weighted by Crippen LogP contribution is -2.27. The van der Waals surface area contributed by atoms with E-state index in [-0.39, 0.29) is 10.9 Å². The van der Waals surface area contributed by atoms with E-state index in [1.807, 2.05) is 38.2 Å². The van der Waals surface area contributed by atoms with Crippen LogP contribution in [-0.2, 0) is 10.0 Å². The number of benzene rings is 2. The van der Waals surface area contributed by atoms with Crippen LogP contribution in [0.1, 0.15) is 24.1 Å². The molecular weight excluding hydrogens is 324 g/mol. The summed E-state index contributed by atoms with van der Waals surface area (Å²) in [7, 11) is -1.64. The molecule has 0 aliphatic carbocycles. The SMILES string of the molecule is Cc1ccc(OCCN(C)C(C)c2ccc(S(N)(=O)=O)cc2)cc1. The topological polar surface area (TPSA) is 72.6 Å². The van der Waals surface area contributed by atoms with Gasteiger partial charge in [-0.3, -0.25) is 4.90 Å². The first-order valence-electron chi connectivity index (χ1n) is 7.80. The molecule has 0 spiro atoms. The Morgan fingerprint density at radius 3 is 2.21 bits per heavy atom. The van der Waals surface area contributed by atoms with Crippen LogP contribution in [0.4, 0.5) is 0 Å². The third kappa shape index (κ3) is 5.06. The third-order valence-electron chi connectivity index (χ3n) is 4.09. The fourth-order valence-electron chi connectivity index (χ4n) is 2.33. The van der Waals surface area contributed by atoms with Crippen LogP contribution < -0.4 is 9.88 Å². The predicted molar refractivity (Wildman–Crippen MR) is 95.5 cm³/mol. The molecule has 0 bridgehead atoms. The number of aryl methyl sites for hydroxylation is 1. The number of hydrogen-bond donors (Lipinski definition) is 1. The summed E-state index contributed by atoms with van der Waals surface area (Å²) in [5.41, 5.74) is 2.23. The number of rotatable bonds is 7. The minimum absolute atomic E-state index is 0.129. The molecule has 2 aromatic rings. The van der Waals surface area contributed by atoms with Crippen LogP contribution in [0.3, 0.4) is 0 Å². The van der Waals surface area contributed by atoms with Gasteiger partial charge in [-0.05, 0) is 50.7 Å². The first kappa shape index (κ1) is 18.4. The quantitative estimate of drug-likeness (QED) is 0.835. The van der Waals surface area contributed by atoms with Gasteiger partial charge in [-0.1, -0.05) is 29.8 Å². The van der Waals surface area contributed by atoms with Crippen LogP contribution in [0.25, 0.3) is 0 Å². The van der Waals surface area contributed by atoms with Gasteiger partial charge in [-0.2, -0.15) is 0 Å². The molecule has 0 aromatic heterocycles. The van der Waals surface area contributed by atoms with E-state index >= 15 is 0 Å². The maximum Gasteiger partial charge on any atom is 0.238 e. The van der Waals surface area contributed by atoms with Crippen LogP contribution in [-0.4, -0.2) is 33.5 Å². The fraction of sp³-hybridized carbons (Fsp3) is 0.333. The van der Waals surface area contributed by atoms with Crippen LogP contribution in [0.2, 0.25) is 0 Å². The lowest BCUT2D eigenvalue weighted by Gasteiger charge is -2.25. The van der Waals surface area contributed by atoms with Gasteiger partial charge in [0.05, 0.1) is 4.90 Å². The Hall–Kier alpha value is -1.89. The molecule has 0 saturated carbocycles. The molecule has 5 nitrogen and oxygen atoms in total. The second-order valence-electron chi connectivity index (χ2n) is 5.93. The number of nitrogens with two attached hydrogens (primary N) is 1. The Labute approximate surface area is 144 Å². The van der Waals surface area contributed by atoms with Gasteiger partial charge in [0.25, 0.3) is 0 Å². The van der Waals surface area contributed by atoms with E-state index in [0.717, 1.165) is 17.9 Å². The number of sulfonamides is 1. The first-order valence-corrected chi connectivity index (χ1v) is 9.34. The minimum atomic E-state index is -3.65. The Kier molecular flexibility index (Phi) is 5.99. The molecular formula is C18H24N2O3S. The van der Waals surface area contributed by atoms with Crippen molar-refractivity contribution in [2.45, 2.75) is 24.8 Å². The van der Waals surface area contributed by atoms with E-state index in [1.165, 1.54) is 17.7 Å². The molecule has 0 aliphatic heterocycles. The largest absolute Gasteiger partial charge is 0.492 e. The zero-order valence-electron chi connectivity index (χ0n) is 14.3. The van der Waals surface area contributed by atoms with E-state index in [9.17, 15) is 8.42 Å². The van der Waals surface area contributed by atoms with E-state index in [4.69, 9.17) is 9.88 Å². The summed E-state index contributed by atoms with van der Waals surface area (Å²) in [6.07, 6.45) is 0. The average Bonchev–Trinajstić information content (AvgIpc) is 2.55. The van der Waals surface area contributed by atoms with Crippen LogP contribution in [0, 0.1) is 6.92 Å². The van der Waals surface area contributed by atoms with Crippen molar-refractivity contribution in [3.8, 4) is 5.75 Å². The Morgan fingerprint density at radius 2 is 1.67 bits per heavy atom. The van der Waals surface area contributed by atoms with Gasteiger partial charge in [0.2, 0.25) is 10.0 Å². The predicted octanol–water partition coefficient (Wildman–Crippen LogP) is 2.71. The molecule has 2 aromatic carbocycles. The van der Waals surface area contributed by atoms with Crippen molar-refractivity contribution in [3.05, 3.63) is 59.7 Å². The number of nitrogens with zero attached hydrogens (tertiary/aromatic N) is 1. The maximum atomic E-state index is 11.3. The molecule has 1 unspecified atom stereocenters. The zero-order chi connectivity index (χ0) is 17.7. The third-order valence-corrected chi connectivity index (χ3v) is 5.02. The molecule has 130 valence electrons. The maximum absolute atomic E-state index is 11.3. The van der Waals surface area contributed by atoms with Crippen molar-refractivity contribution >= 4 is 10.0 Å². The molecule has 2 rings (SSSR count). The molecule has 0 fully saturated rings. The monoisotopic (exact) mass is 348 g/mol. The number of hydrogen-bond acceptors (Lipinski definition) is 4. The minimum Gasteiger partial charge on any atom is -0.492 e. The van der Waals surface area contributed by atoms with Crippen molar-refractivity contribution in [2.75, 3.05) is 20.2 Å². The normalized spacial score (nSPS) is 13.0. The second-order valence-corrected chi connectivity index (χ2v) is 7.49. The zero-order valence-corrected chi connectivity index (χ0v) is 15.1. The number of ether oxygens (including phenoxy) is 1. The van der Waals surface area contributed by atoms with Gasteiger partial charge >= 0.3 is 0 Å². The fourth-order valence-corrected chi connectivity index (χ4v) is 2.84. The van der Waals surface area contributed by atoms with Gasteiger partial charge in [0.1, 0.15) is 12.4 Å². The molecule has 0 amide bonds. The molecule has 2 N–H and O–H groups in total. The van der Waals surface area contributed by atoms with Crippen LogP contribution in [0.5, 0.6) is 5.75 Å². The summed E-state index contributed by atoms with van der Waals surface area (Å²) in [5, 5.41) is 5.12. The highest BCUT2D eigenvalue weighted by Crippen LogP contribution is 2.20. The highest BCUT2D eigenvalue weighted by Gasteiger charge is 2.13. The smallest absolute Gasteiger partial charge is 0.238 e. The standard InChI is InChI=1S/C18H24N2O3S/c1-14-4-8-17(9-5-14)23-13-12-20(3)15(2)16-6-10-18(11-7-16)24(19,21)22/h4-11,15H,12-13H2,1-3H3,(H2,19,21,22). The lowest BCUT2D eigenvalue weighted by atomic mass is 10.1. The molecule has 0 radical (unpaired) electrons. The molecule has 24 heavy (non-hydrogen) atoms. The molecule has 1 atom stereocenters. The van der Waals surface area contributed by atoms with Crippen molar-refractivity contribution < 1.29 is 13.2 Å². The molecule has 0 aliphatic rings. The highest BCUT2D eigenvalue weighted by atomic mass is 32.2. The summed E-state index contributed by atoms with van der Waals surface area (Å²) >= 11 is 0. The summed E-state index contributed by atoms with van der Waals surface area (Å²) in [6.45, 7) is 5.45. The van der Waals surface area contributed by atoms with Gasteiger partial charge in [0.15, 0.2) is 0 Å². The van der Waals surface area contributed by atoms with E-state index in [0.29, 0.717) is 6.61 Å². The van der Waals surface area contributed by atoms with E-state index in [2.05, 4.69) is 11.8 Å². The average molecular weight is 348 g/mol. The summed E-state index contributed by atoms with van der Waals surface area (Å²) in [6, 6.07) is 14.8. The van der Waals surface area contributed by atoms with E-state index in [1.54, 1.807) is 12.1 Å². The molecule has 0 heterocycles. The Bertz CT molecular complexity index is 756. The summed E-state index contributed by atoms with van der Waals surface area (Å²) in [4.78, 5) is 2.28. The van der Waals surface area contributed by atoms with Gasteiger partial charge < -0.3 is 4.74 Å². The number of primary sulfonamides is 1. The first-order chi connectivity index (χ1) is 11.3. The van der Waals surface area contributed by atoms with Crippen molar-refractivity contribution in [2.24, 2.45) is 5.14 Å². The van der Waals surface area contributed by atoms with Crippen molar-refractivity contribution in [1.82, 2.24) is 4.90 Å².